The van der Waals surface area contributed by atoms with Crippen molar-refractivity contribution in [2.75, 3.05) is 28.3 Å². The van der Waals surface area contributed by atoms with Gasteiger partial charge in [-0.2, -0.15) is 0 Å². The Bertz CT molecular complexity index is 381. The molecule has 0 aliphatic heterocycles. The number of ether oxygens (including phenoxy) is 2. The van der Waals surface area contributed by atoms with Gasteiger partial charge in [0.25, 0.3) is 0 Å². The van der Waals surface area contributed by atoms with E-state index in [2.05, 4.69) is 18.7 Å². The Balaban J connectivity index is 3.30. The number of nitrogens with zero attached hydrogens (tertiary/aromatic N) is 1. The second-order valence-electron chi connectivity index (χ2n) is 5.10. The summed E-state index contributed by atoms with van der Waals surface area (Å²) in [5.41, 5.74) is 7.12. The van der Waals surface area contributed by atoms with Crippen molar-refractivity contribution in [2.45, 2.75) is 25.4 Å². The van der Waals surface area contributed by atoms with Crippen LogP contribution in [0.25, 0.3) is 0 Å². The first-order valence-electron chi connectivity index (χ1n) is 6.00. The maximum Gasteiger partial charge on any atom is 0.127 e. The van der Waals surface area contributed by atoms with Crippen molar-refractivity contribution in [3.63, 3.8) is 0 Å². The lowest BCUT2D eigenvalue weighted by Gasteiger charge is -2.39. The quantitative estimate of drug-likeness (QED) is 0.871. The summed E-state index contributed by atoms with van der Waals surface area (Å²) in [6.07, 6.45) is 0. The van der Waals surface area contributed by atoms with Gasteiger partial charge in [0.15, 0.2) is 0 Å². The average Bonchev–Trinajstić information content (AvgIpc) is 2.36. The fourth-order valence-corrected chi connectivity index (χ4v) is 1.82. The number of hydrogen-bond acceptors (Lipinski definition) is 4. The first-order chi connectivity index (χ1) is 8.36. The van der Waals surface area contributed by atoms with Crippen LogP contribution >= 0.6 is 0 Å². The van der Waals surface area contributed by atoms with Crippen LogP contribution in [0.2, 0.25) is 0 Å². The summed E-state index contributed by atoms with van der Waals surface area (Å²) < 4.78 is 10.8. The van der Waals surface area contributed by atoms with Crippen LogP contribution in [0.3, 0.4) is 0 Å². The maximum absolute atomic E-state index is 6.42. The summed E-state index contributed by atoms with van der Waals surface area (Å²) in [5.74, 6) is 1.52. The van der Waals surface area contributed by atoms with Crippen molar-refractivity contribution in [2.24, 2.45) is 5.73 Å². The SMILES string of the molecule is COc1cccc(OC)c1C(N)C(C)(C)N(C)C. The summed E-state index contributed by atoms with van der Waals surface area (Å²) in [7, 11) is 7.32. The molecule has 1 unspecified atom stereocenters. The van der Waals surface area contributed by atoms with Gasteiger partial charge in [-0.1, -0.05) is 6.07 Å². The van der Waals surface area contributed by atoms with E-state index in [1.807, 2.05) is 32.3 Å². The molecule has 0 bridgehead atoms. The highest BCUT2D eigenvalue weighted by molar-refractivity contribution is 5.48. The molecule has 0 saturated carbocycles. The van der Waals surface area contributed by atoms with Crippen molar-refractivity contribution in [3.8, 4) is 11.5 Å². The molecule has 102 valence electrons. The molecule has 0 aromatic heterocycles. The van der Waals surface area contributed by atoms with Gasteiger partial charge in [0.2, 0.25) is 0 Å². The van der Waals surface area contributed by atoms with Gasteiger partial charge in [-0.25, -0.2) is 0 Å². The Hall–Kier alpha value is -1.26. The Morgan fingerprint density at radius 3 is 1.89 bits per heavy atom. The molecule has 4 heteroatoms. The molecule has 0 radical (unpaired) electrons. The topological polar surface area (TPSA) is 47.7 Å². The van der Waals surface area contributed by atoms with Crippen LogP contribution < -0.4 is 15.2 Å². The molecular weight excluding hydrogens is 228 g/mol. The van der Waals surface area contributed by atoms with Crippen LogP contribution in [-0.4, -0.2) is 38.8 Å². The van der Waals surface area contributed by atoms with Gasteiger partial charge in [-0.05, 0) is 40.1 Å². The summed E-state index contributed by atoms with van der Waals surface area (Å²) >= 11 is 0. The number of likely N-dealkylation sites (N-methyl/N-ethyl adjacent to an activating group) is 1. The summed E-state index contributed by atoms with van der Waals surface area (Å²) in [6, 6.07) is 5.50. The predicted molar refractivity (Wildman–Crippen MR) is 74.2 cm³/mol. The molecule has 0 aliphatic rings. The third-order valence-electron chi connectivity index (χ3n) is 3.69. The smallest absolute Gasteiger partial charge is 0.127 e. The van der Waals surface area contributed by atoms with Gasteiger partial charge in [0.1, 0.15) is 11.5 Å². The third kappa shape index (κ3) is 2.60. The van der Waals surface area contributed by atoms with E-state index in [1.165, 1.54) is 0 Å². The van der Waals surface area contributed by atoms with E-state index in [0.717, 1.165) is 17.1 Å². The first-order valence-corrected chi connectivity index (χ1v) is 6.00. The maximum atomic E-state index is 6.42. The monoisotopic (exact) mass is 252 g/mol. The second kappa shape index (κ2) is 5.59. The van der Waals surface area contributed by atoms with Gasteiger partial charge in [-0.3, -0.25) is 0 Å². The van der Waals surface area contributed by atoms with Crippen LogP contribution in [-0.2, 0) is 0 Å². The lowest BCUT2D eigenvalue weighted by Crippen LogP contribution is -2.47. The van der Waals surface area contributed by atoms with Gasteiger partial charge in [0.05, 0.1) is 25.8 Å². The molecule has 0 heterocycles. The fraction of sp³-hybridized carbons (Fsp3) is 0.571. The van der Waals surface area contributed by atoms with Gasteiger partial charge in [0, 0.05) is 5.54 Å². The van der Waals surface area contributed by atoms with Gasteiger partial charge < -0.3 is 20.1 Å². The molecule has 18 heavy (non-hydrogen) atoms. The van der Waals surface area contributed by atoms with E-state index in [4.69, 9.17) is 15.2 Å². The van der Waals surface area contributed by atoms with Crippen molar-refractivity contribution in [1.29, 1.82) is 0 Å². The Kier molecular flexibility index (Phi) is 4.59. The molecule has 0 amide bonds. The zero-order chi connectivity index (χ0) is 13.9. The largest absolute Gasteiger partial charge is 0.496 e. The molecule has 0 fully saturated rings. The zero-order valence-corrected chi connectivity index (χ0v) is 12.2. The molecular formula is C14H24N2O2. The fourth-order valence-electron chi connectivity index (χ4n) is 1.82. The molecule has 2 N–H and O–H groups in total. The summed E-state index contributed by atoms with van der Waals surface area (Å²) in [5, 5.41) is 0. The van der Waals surface area contributed by atoms with Crippen LogP contribution in [0.1, 0.15) is 25.5 Å². The number of nitrogens with two attached hydrogens (primary N) is 1. The van der Waals surface area contributed by atoms with E-state index < -0.39 is 0 Å². The highest BCUT2D eigenvalue weighted by Gasteiger charge is 2.33. The molecule has 0 saturated heterocycles. The minimum Gasteiger partial charge on any atom is -0.496 e. The molecule has 1 rings (SSSR count). The molecule has 1 aromatic carbocycles. The van der Waals surface area contributed by atoms with Crippen molar-refractivity contribution < 1.29 is 9.47 Å². The Labute approximate surface area is 110 Å². The van der Waals surface area contributed by atoms with E-state index in [0.29, 0.717) is 0 Å². The second-order valence-corrected chi connectivity index (χ2v) is 5.10. The molecule has 1 aromatic rings. The lowest BCUT2D eigenvalue weighted by atomic mass is 9.87. The van der Waals surface area contributed by atoms with Crippen LogP contribution in [0.15, 0.2) is 18.2 Å². The normalized spacial score (nSPS) is 13.6. The minimum absolute atomic E-state index is 0.206. The zero-order valence-electron chi connectivity index (χ0n) is 12.2. The number of hydrogen-bond donors (Lipinski definition) is 1. The first kappa shape index (κ1) is 14.8. The highest BCUT2D eigenvalue weighted by Crippen LogP contribution is 2.38. The number of benzene rings is 1. The van der Waals surface area contributed by atoms with E-state index in [9.17, 15) is 0 Å². The van der Waals surface area contributed by atoms with Gasteiger partial charge >= 0.3 is 0 Å². The standard InChI is InChI=1S/C14H24N2O2/c1-14(2,16(3)4)13(15)12-10(17-5)8-7-9-11(12)18-6/h7-9,13H,15H2,1-6H3. The van der Waals surface area contributed by atoms with Crippen LogP contribution in [0, 0.1) is 0 Å². The number of methoxy groups -OCH3 is 2. The van der Waals surface area contributed by atoms with Gasteiger partial charge in [-0.15, -0.1) is 0 Å². The Morgan fingerprint density at radius 1 is 1.11 bits per heavy atom. The average molecular weight is 252 g/mol. The van der Waals surface area contributed by atoms with E-state index in [-0.39, 0.29) is 11.6 Å². The summed E-state index contributed by atoms with van der Waals surface area (Å²) in [6.45, 7) is 4.20. The molecule has 1 atom stereocenters. The van der Waals surface area contributed by atoms with Crippen LogP contribution in [0.5, 0.6) is 11.5 Å². The summed E-state index contributed by atoms with van der Waals surface area (Å²) in [4.78, 5) is 2.10. The van der Waals surface area contributed by atoms with E-state index >= 15 is 0 Å². The van der Waals surface area contributed by atoms with Crippen LogP contribution in [0.4, 0.5) is 0 Å². The minimum atomic E-state index is -0.210. The molecule has 0 aliphatic carbocycles. The molecule has 4 nitrogen and oxygen atoms in total. The molecule has 0 spiro atoms. The number of rotatable bonds is 5. The lowest BCUT2D eigenvalue weighted by molar-refractivity contribution is 0.155. The van der Waals surface area contributed by atoms with E-state index in [1.54, 1.807) is 14.2 Å². The predicted octanol–water partition coefficient (Wildman–Crippen LogP) is 2.04. The Morgan fingerprint density at radius 2 is 1.56 bits per heavy atom. The highest BCUT2D eigenvalue weighted by atomic mass is 16.5. The van der Waals surface area contributed by atoms with Crippen molar-refractivity contribution >= 4 is 0 Å². The van der Waals surface area contributed by atoms with Crippen molar-refractivity contribution in [3.05, 3.63) is 23.8 Å². The third-order valence-corrected chi connectivity index (χ3v) is 3.69. The van der Waals surface area contributed by atoms with Crippen molar-refractivity contribution in [1.82, 2.24) is 4.90 Å².